The molecule has 32 heavy (non-hydrogen) atoms. The van der Waals surface area contributed by atoms with Crippen molar-refractivity contribution in [3.63, 3.8) is 0 Å². The van der Waals surface area contributed by atoms with E-state index in [1.54, 1.807) is 0 Å². The third-order valence-corrected chi connectivity index (χ3v) is 5.78. The van der Waals surface area contributed by atoms with Crippen molar-refractivity contribution in [2.24, 2.45) is 0 Å². The van der Waals surface area contributed by atoms with Gasteiger partial charge in [-0.2, -0.15) is 15.0 Å². The Morgan fingerprint density at radius 2 is 1.19 bits per heavy atom. The maximum atomic E-state index is 6.37. The smallest absolute Gasteiger partial charge is 0.239 e. The molecule has 4 aromatic carbocycles. The van der Waals surface area contributed by atoms with E-state index in [9.17, 15) is 0 Å². The van der Waals surface area contributed by atoms with Gasteiger partial charge in [-0.1, -0.05) is 91.0 Å². The highest BCUT2D eigenvalue weighted by atomic mass is 35.5. The van der Waals surface area contributed by atoms with E-state index in [0.29, 0.717) is 11.8 Å². The molecule has 2 heterocycles. The van der Waals surface area contributed by atoms with Gasteiger partial charge in [0.15, 0.2) is 5.82 Å². The molecule has 0 spiro atoms. The Hall–Kier alpha value is -4.02. The number of fused-ring (bicyclic) bond motifs is 3. The first-order valence-electron chi connectivity index (χ1n) is 10.3. The van der Waals surface area contributed by atoms with Gasteiger partial charge in [-0.25, -0.2) is 0 Å². The first-order valence-corrected chi connectivity index (χ1v) is 10.7. The SMILES string of the molecule is Clc1nc(-c2ccccc2)nc(-n2c3ccccc3c3ccc(-c4ccccc4)cc32)n1. The van der Waals surface area contributed by atoms with E-state index in [0.717, 1.165) is 38.5 Å². The van der Waals surface area contributed by atoms with Gasteiger partial charge in [0.25, 0.3) is 0 Å². The van der Waals surface area contributed by atoms with Crippen LogP contribution in [0.5, 0.6) is 0 Å². The van der Waals surface area contributed by atoms with E-state index in [2.05, 4.69) is 57.0 Å². The third-order valence-electron chi connectivity index (χ3n) is 5.61. The van der Waals surface area contributed by atoms with Crippen molar-refractivity contribution in [1.29, 1.82) is 0 Å². The van der Waals surface area contributed by atoms with Crippen LogP contribution in [0, 0.1) is 0 Å². The van der Waals surface area contributed by atoms with Crippen LogP contribution in [0.2, 0.25) is 5.28 Å². The number of benzene rings is 4. The average molecular weight is 433 g/mol. The van der Waals surface area contributed by atoms with Crippen LogP contribution in [0.4, 0.5) is 0 Å². The summed E-state index contributed by atoms with van der Waals surface area (Å²) in [6.07, 6.45) is 0. The number of aromatic nitrogens is 4. The third kappa shape index (κ3) is 3.13. The molecule has 2 aromatic heterocycles. The summed E-state index contributed by atoms with van der Waals surface area (Å²) >= 11 is 6.37. The number of hydrogen-bond acceptors (Lipinski definition) is 3. The molecule has 0 aliphatic rings. The maximum Gasteiger partial charge on any atom is 0.239 e. The number of nitrogens with zero attached hydrogens (tertiary/aromatic N) is 4. The highest BCUT2D eigenvalue weighted by Gasteiger charge is 2.17. The molecule has 0 unspecified atom stereocenters. The Morgan fingerprint density at radius 1 is 0.531 bits per heavy atom. The maximum absolute atomic E-state index is 6.37. The fraction of sp³-hybridized carbons (Fsp3) is 0. The fourth-order valence-electron chi connectivity index (χ4n) is 4.15. The molecule has 0 saturated heterocycles. The number of para-hydroxylation sites is 1. The zero-order chi connectivity index (χ0) is 21.5. The summed E-state index contributed by atoms with van der Waals surface area (Å²) in [5.41, 5.74) is 5.22. The van der Waals surface area contributed by atoms with Gasteiger partial charge in [-0.05, 0) is 34.9 Å². The van der Waals surface area contributed by atoms with Gasteiger partial charge in [-0.3, -0.25) is 4.57 Å². The number of halogens is 1. The van der Waals surface area contributed by atoms with Crippen LogP contribution in [0.15, 0.2) is 103 Å². The Morgan fingerprint density at radius 3 is 1.97 bits per heavy atom. The zero-order valence-electron chi connectivity index (χ0n) is 17.0. The minimum atomic E-state index is 0.166. The lowest BCUT2D eigenvalue weighted by Gasteiger charge is -2.09. The summed E-state index contributed by atoms with van der Waals surface area (Å²) in [5, 5.41) is 2.44. The van der Waals surface area contributed by atoms with Crippen LogP contribution in [-0.2, 0) is 0 Å². The summed E-state index contributed by atoms with van der Waals surface area (Å²) < 4.78 is 2.07. The van der Waals surface area contributed by atoms with Crippen LogP contribution < -0.4 is 0 Å². The second-order valence-electron chi connectivity index (χ2n) is 7.54. The predicted molar refractivity (Wildman–Crippen MR) is 130 cm³/mol. The van der Waals surface area contributed by atoms with Crippen LogP contribution >= 0.6 is 11.6 Å². The Balaban J connectivity index is 1.65. The second-order valence-corrected chi connectivity index (χ2v) is 7.88. The van der Waals surface area contributed by atoms with Gasteiger partial charge in [0, 0.05) is 16.3 Å². The topological polar surface area (TPSA) is 43.6 Å². The first kappa shape index (κ1) is 18.7. The summed E-state index contributed by atoms with van der Waals surface area (Å²) in [6, 6.07) is 34.9. The highest BCUT2D eigenvalue weighted by Crippen LogP contribution is 2.34. The monoisotopic (exact) mass is 432 g/mol. The van der Waals surface area contributed by atoms with Crippen molar-refractivity contribution in [2.45, 2.75) is 0 Å². The number of hydrogen-bond donors (Lipinski definition) is 0. The largest absolute Gasteiger partial charge is 0.278 e. The normalized spacial score (nSPS) is 11.3. The second kappa shape index (κ2) is 7.59. The molecular weight excluding hydrogens is 416 g/mol. The molecule has 5 heteroatoms. The van der Waals surface area contributed by atoms with E-state index >= 15 is 0 Å². The van der Waals surface area contributed by atoms with E-state index in [4.69, 9.17) is 16.6 Å². The molecular formula is C27H17ClN4. The van der Waals surface area contributed by atoms with Crippen molar-refractivity contribution in [3.8, 4) is 28.5 Å². The van der Waals surface area contributed by atoms with Crippen LogP contribution in [-0.4, -0.2) is 19.5 Å². The van der Waals surface area contributed by atoms with Crippen molar-refractivity contribution in [2.75, 3.05) is 0 Å². The van der Waals surface area contributed by atoms with Crippen LogP contribution in [0.1, 0.15) is 0 Å². The quantitative estimate of drug-likeness (QED) is 0.303. The Kier molecular flexibility index (Phi) is 4.44. The lowest BCUT2D eigenvalue weighted by atomic mass is 10.0. The van der Waals surface area contributed by atoms with Crippen molar-refractivity contribution in [1.82, 2.24) is 19.5 Å². The standard InChI is InChI=1S/C27H17ClN4/c28-26-29-25(19-11-5-2-6-12-19)30-27(31-26)32-23-14-8-7-13-21(23)22-16-15-20(17-24(22)32)18-9-3-1-4-10-18/h1-17H. The van der Waals surface area contributed by atoms with Gasteiger partial charge in [0.2, 0.25) is 11.2 Å². The van der Waals surface area contributed by atoms with Crippen molar-refractivity contribution >= 4 is 33.4 Å². The molecule has 6 rings (SSSR count). The zero-order valence-corrected chi connectivity index (χ0v) is 17.7. The summed E-state index contributed by atoms with van der Waals surface area (Å²) in [6.45, 7) is 0. The van der Waals surface area contributed by atoms with Crippen molar-refractivity contribution in [3.05, 3.63) is 108 Å². The molecule has 0 aliphatic carbocycles. The summed E-state index contributed by atoms with van der Waals surface area (Å²) in [4.78, 5) is 13.7. The predicted octanol–water partition coefficient (Wildman–Crippen LogP) is 6.96. The minimum Gasteiger partial charge on any atom is -0.278 e. The van der Waals surface area contributed by atoms with E-state index in [-0.39, 0.29) is 5.28 Å². The minimum absolute atomic E-state index is 0.166. The molecule has 0 radical (unpaired) electrons. The van der Waals surface area contributed by atoms with E-state index in [1.165, 1.54) is 0 Å². The Bertz CT molecular complexity index is 1570. The molecule has 152 valence electrons. The molecule has 6 aromatic rings. The molecule has 0 saturated carbocycles. The first-order chi connectivity index (χ1) is 15.8. The lowest BCUT2D eigenvalue weighted by Crippen LogP contribution is -2.04. The highest BCUT2D eigenvalue weighted by molar-refractivity contribution is 6.28. The van der Waals surface area contributed by atoms with Crippen LogP contribution in [0.3, 0.4) is 0 Å². The van der Waals surface area contributed by atoms with Gasteiger partial charge in [0.05, 0.1) is 11.0 Å². The molecule has 0 aliphatic heterocycles. The molecule has 0 atom stereocenters. The molecule has 0 fully saturated rings. The van der Waals surface area contributed by atoms with Gasteiger partial charge in [0.1, 0.15) is 0 Å². The van der Waals surface area contributed by atoms with Gasteiger partial charge >= 0.3 is 0 Å². The molecule has 0 bridgehead atoms. The average Bonchev–Trinajstić information content (AvgIpc) is 3.18. The fourth-order valence-corrected chi connectivity index (χ4v) is 4.31. The molecule has 0 amide bonds. The van der Waals surface area contributed by atoms with Crippen LogP contribution in [0.25, 0.3) is 50.3 Å². The van der Waals surface area contributed by atoms with Gasteiger partial charge < -0.3 is 0 Å². The van der Waals surface area contributed by atoms with Gasteiger partial charge in [-0.15, -0.1) is 0 Å². The molecule has 0 N–H and O–H groups in total. The number of rotatable bonds is 3. The summed E-state index contributed by atoms with van der Waals surface area (Å²) in [5.74, 6) is 1.05. The van der Waals surface area contributed by atoms with E-state index in [1.807, 2.05) is 60.7 Å². The lowest BCUT2D eigenvalue weighted by molar-refractivity contribution is 0.947. The van der Waals surface area contributed by atoms with Crippen molar-refractivity contribution < 1.29 is 0 Å². The Labute approximate surface area is 189 Å². The van der Waals surface area contributed by atoms with E-state index < -0.39 is 0 Å². The summed E-state index contributed by atoms with van der Waals surface area (Å²) in [7, 11) is 0. The molecule has 4 nitrogen and oxygen atoms in total.